The second kappa shape index (κ2) is 7.39. The molecule has 0 atom stereocenters. The standard InChI is InChI=1S/C14H20N2O.ClH/c1-2-11-3-5-12(6-4-11)7-14(17)16-10-13-8-15-9-13;/h3-6,13,15H,2,7-10H2,1H3,(H,16,17);1H. The van der Waals surface area contributed by atoms with Crippen LogP contribution in [0.15, 0.2) is 24.3 Å². The summed E-state index contributed by atoms with van der Waals surface area (Å²) in [5.74, 6) is 0.752. The first-order valence-electron chi connectivity index (χ1n) is 6.33. The van der Waals surface area contributed by atoms with Crippen molar-refractivity contribution in [1.82, 2.24) is 10.6 Å². The molecule has 1 heterocycles. The molecule has 0 aromatic heterocycles. The van der Waals surface area contributed by atoms with Gasteiger partial charge in [-0.25, -0.2) is 0 Å². The van der Waals surface area contributed by atoms with Gasteiger partial charge in [0.05, 0.1) is 6.42 Å². The summed E-state index contributed by atoms with van der Waals surface area (Å²) in [5.41, 5.74) is 2.40. The summed E-state index contributed by atoms with van der Waals surface area (Å²) in [7, 11) is 0. The third-order valence-electron chi connectivity index (χ3n) is 3.25. The van der Waals surface area contributed by atoms with Crippen molar-refractivity contribution in [3.05, 3.63) is 35.4 Å². The maximum Gasteiger partial charge on any atom is 0.224 e. The van der Waals surface area contributed by atoms with E-state index in [-0.39, 0.29) is 18.3 Å². The Kier molecular flexibility index (Phi) is 6.16. The molecule has 1 fully saturated rings. The smallest absolute Gasteiger partial charge is 0.224 e. The van der Waals surface area contributed by atoms with Crippen molar-refractivity contribution >= 4 is 18.3 Å². The molecule has 1 amide bonds. The van der Waals surface area contributed by atoms with Gasteiger partial charge in [0.15, 0.2) is 0 Å². The summed E-state index contributed by atoms with van der Waals surface area (Å²) < 4.78 is 0. The average Bonchev–Trinajstić information content (AvgIpc) is 2.28. The molecular weight excluding hydrogens is 248 g/mol. The average molecular weight is 269 g/mol. The van der Waals surface area contributed by atoms with Crippen molar-refractivity contribution in [3.63, 3.8) is 0 Å². The Morgan fingerprint density at radius 3 is 2.39 bits per heavy atom. The number of rotatable bonds is 5. The molecule has 1 saturated heterocycles. The van der Waals surface area contributed by atoms with Crippen molar-refractivity contribution in [3.8, 4) is 0 Å². The van der Waals surface area contributed by atoms with E-state index < -0.39 is 0 Å². The molecule has 0 spiro atoms. The SMILES string of the molecule is CCc1ccc(CC(=O)NCC2CNC2)cc1.Cl. The van der Waals surface area contributed by atoms with Crippen LogP contribution in [0, 0.1) is 5.92 Å². The van der Waals surface area contributed by atoms with E-state index in [4.69, 9.17) is 0 Å². The van der Waals surface area contributed by atoms with Gasteiger partial charge in [0.2, 0.25) is 5.91 Å². The van der Waals surface area contributed by atoms with Crippen molar-refractivity contribution in [2.45, 2.75) is 19.8 Å². The molecule has 1 aliphatic heterocycles. The van der Waals surface area contributed by atoms with Crippen molar-refractivity contribution in [2.75, 3.05) is 19.6 Å². The summed E-state index contributed by atoms with van der Waals surface area (Å²) in [4.78, 5) is 11.7. The van der Waals surface area contributed by atoms with Gasteiger partial charge >= 0.3 is 0 Å². The first-order valence-corrected chi connectivity index (χ1v) is 6.33. The van der Waals surface area contributed by atoms with Crippen molar-refractivity contribution < 1.29 is 4.79 Å². The third kappa shape index (κ3) is 4.31. The predicted octanol–water partition coefficient (Wildman–Crippen LogP) is 1.55. The van der Waals surface area contributed by atoms with Gasteiger partial charge < -0.3 is 10.6 Å². The van der Waals surface area contributed by atoms with Crippen molar-refractivity contribution in [2.24, 2.45) is 5.92 Å². The van der Waals surface area contributed by atoms with E-state index in [0.29, 0.717) is 12.3 Å². The highest BCUT2D eigenvalue weighted by Crippen LogP contribution is 2.06. The van der Waals surface area contributed by atoms with Crippen LogP contribution in [-0.4, -0.2) is 25.5 Å². The maximum absolute atomic E-state index is 11.7. The summed E-state index contributed by atoms with van der Waals surface area (Å²) >= 11 is 0. The number of hydrogen-bond donors (Lipinski definition) is 2. The van der Waals surface area contributed by atoms with E-state index >= 15 is 0 Å². The molecule has 0 unspecified atom stereocenters. The minimum Gasteiger partial charge on any atom is -0.355 e. The summed E-state index contributed by atoms with van der Waals surface area (Å²) in [6, 6.07) is 8.28. The second-order valence-electron chi connectivity index (χ2n) is 4.68. The van der Waals surface area contributed by atoms with Gasteiger partial charge in [0, 0.05) is 25.6 Å². The fourth-order valence-corrected chi connectivity index (χ4v) is 1.89. The molecule has 4 heteroatoms. The Balaban J connectivity index is 0.00000162. The molecule has 0 aliphatic carbocycles. The van der Waals surface area contributed by atoms with E-state index in [0.717, 1.165) is 31.6 Å². The Morgan fingerprint density at radius 2 is 1.89 bits per heavy atom. The van der Waals surface area contributed by atoms with E-state index in [1.165, 1.54) is 5.56 Å². The number of nitrogens with one attached hydrogen (secondary N) is 2. The van der Waals surface area contributed by atoms with Gasteiger partial charge in [-0.3, -0.25) is 4.79 Å². The lowest BCUT2D eigenvalue weighted by Crippen LogP contribution is -2.48. The minimum absolute atomic E-state index is 0. The number of benzene rings is 1. The monoisotopic (exact) mass is 268 g/mol. The number of hydrogen-bond acceptors (Lipinski definition) is 2. The zero-order valence-electron chi connectivity index (χ0n) is 10.7. The summed E-state index contributed by atoms with van der Waals surface area (Å²) in [6.45, 7) is 5.00. The lowest BCUT2D eigenvalue weighted by Gasteiger charge is -2.27. The van der Waals surface area contributed by atoms with Crippen LogP contribution in [0.1, 0.15) is 18.1 Å². The molecule has 0 bridgehead atoms. The molecule has 18 heavy (non-hydrogen) atoms. The molecule has 100 valence electrons. The molecule has 2 N–H and O–H groups in total. The normalized spacial score (nSPS) is 14.5. The molecule has 1 aromatic rings. The Bertz CT molecular complexity index is 374. The zero-order chi connectivity index (χ0) is 12.1. The largest absolute Gasteiger partial charge is 0.355 e. The van der Waals surface area contributed by atoms with Crippen LogP contribution in [0.3, 0.4) is 0 Å². The van der Waals surface area contributed by atoms with Crippen molar-refractivity contribution in [1.29, 1.82) is 0 Å². The topological polar surface area (TPSA) is 41.1 Å². The third-order valence-corrected chi connectivity index (χ3v) is 3.25. The first-order chi connectivity index (χ1) is 8.28. The van der Waals surface area contributed by atoms with E-state index in [2.05, 4.69) is 29.7 Å². The molecular formula is C14H21ClN2O. The summed E-state index contributed by atoms with van der Waals surface area (Å²) in [5, 5.41) is 6.18. The van der Waals surface area contributed by atoms with Crippen LogP contribution in [0.2, 0.25) is 0 Å². The Labute approximate surface area is 115 Å². The molecule has 2 rings (SSSR count). The van der Waals surface area contributed by atoms with Crippen LogP contribution in [-0.2, 0) is 17.6 Å². The molecule has 1 aliphatic rings. The number of carbonyl (C=O) groups is 1. The van der Waals surface area contributed by atoms with Crippen LogP contribution < -0.4 is 10.6 Å². The van der Waals surface area contributed by atoms with Crippen LogP contribution >= 0.6 is 12.4 Å². The molecule has 1 aromatic carbocycles. The lowest BCUT2D eigenvalue weighted by atomic mass is 10.0. The Morgan fingerprint density at radius 1 is 1.28 bits per heavy atom. The second-order valence-corrected chi connectivity index (χ2v) is 4.68. The zero-order valence-corrected chi connectivity index (χ0v) is 11.6. The number of halogens is 1. The minimum atomic E-state index is 0. The fraction of sp³-hybridized carbons (Fsp3) is 0.500. The van der Waals surface area contributed by atoms with Gasteiger partial charge in [-0.05, 0) is 17.5 Å². The maximum atomic E-state index is 11.7. The van der Waals surface area contributed by atoms with E-state index in [1.54, 1.807) is 0 Å². The van der Waals surface area contributed by atoms with Crippen LogP contribution in [0.25, 0.3) is 0 Å². The fourth-order valence-electron chi connectivity index (χ4n) is 1.89. The quantitative estimate of drug-likeness (QED) is 0.851. The lowest BCUT2D eigenvalue weighted by molar-refractivity contribution is -0.120. The Hall–Kier alpha value is -1.06. The number of amides is 1. The molecule has 3 nitrogen and oxygen atoms in total. The molecule has 0 radical (unpaired) electrons. The highest BCUT2D eigenvalue weighted by Gasteiger charge is 2.16. The van der Waals surface area contributed by atoms with Crippen LogP contribution in [0.5, 0.6) is 0 Å². The number of aryl methyl sites for hydroxylation is 1. The molecule has 0 saturated carbocycles. The first kappa shape index (κ1) is 15.0. The van der Waals surface area contributed by atoms with Gasteiger partial charge in [-0.1, -0.05) is 31.2 Å². The highest BCUT2D eigenvalue weighted by molar-refractivity contribution is 5.85. The van der Waals surface area contributed by atoms with Gasteiger partial charge in [0.25, 0.3) is 0 Å². The van der Waals surface area contributed by atoms with Gasteiger partial charge in [-0.2, -0.15) is 0 Å². The van der Waals surface area contributed by atoms with E-state index in [1.807, 2.05) is 12.1 Å². The highest BCUT2D eigenvalue weighted by atomic mass is 35.5. The number of carbonyl (C=O) groups excluding carboxylic acids is 1. The van der Waals surface area contributed by atoms with Crippen LogP contribution in [0.4, 0.5) is 0 Å². The predicted molar refractivity (Wildman–Crippen MR) is 76.1 cm³/mol. The van der Waals surface area contributed by atoms with E-state index in [9.17, 15) is 4.79 Å². The van der Waals surface area contributed by atoms with Gasteiger partial charge in [-0.15, -0.1) is 12.4 Å². The van der Waals surface area contributed by atoms with Gasteiger partial charge in [0.1, 0.15) is 0 Å². The summed E-state index contributed by atoms with van der Waals surface area (Å²) in [6.07, 6.45) is 1.53.